The Labute approximate surface area is 147 Å². The van der Waals surface area contributed by atoms with Crippen molar-refractivity contribution in [1.29, 1.82) is 0 Å². The average Bonchev–Trinajstić information content (AvgIpc) is 2.86. The SMILES string of the molecule is CC(CC(=O)O)N1CCN(C(=O)c2cccc3c2OCCCO3)CC1. The van der Waals surface area contributed by atoms with Gasteiger partial charge in [-0.3, -0.25) is 14.5 Å². The molecule has 2 aliphatic rings. The number of hydrogen-bond acceptors (Lipinski definition) is 5. The molecule has 7 heteroatoms. The number of carbonyl (C=O) groups is 2. The highest BCUT2D eigenvalue weighted by Crippen LogP contribution is 2.34. The van der Waals surface area contributed by atoms with Gasteiger partial charge in [0, 0.05) is 38.6 Å². The molecule has 3 rings (SSSR count). The molecule has 2 aliphatic heterocycles. The first-order chi connectivity index (χ1) is 12.1. The summed E-state index contributed by atoms with van der Waals surface area (Å²) in [5.74, 6) is 0.298. The monoisotopic (exact) mass is 348 g/mol. The fourth-order valence-electron chi connectivity index (χ4n) is 3.28. The van der Waals surface area contributed by atoms with Gasteiger partial charge in [0.1, 0.15) is 0 Å². The Morgan fingerprint density at radius 1 is 1.16 bits per heavy atom. The molecule has 0 spiro atoms. The van der Waals surface area contributed by atoms with E-state index in [0.29, 0.717) is 56.5 Å². The van der Waals surface area contributed by atoms with Gasteiger partial charge in [0.2, 0.25) is 0 Å². The van der Waals surface area contributed by atoms with Crippen molar-refractivity contribution >= 4 is 11.9 Å². The molecular formula is C18H24N2O5. The molecule has 1 aromatic carbocycles. The quantitative estimate of drug-likeness (QED) is 0.888. The summed E-state index contributed by atoms with van der Waals surface area (Å²) >= 11 is 0. The van der Waals surface area contributed by atoms with Gasteiger partial charge >= 0.3 is 5.97 Å². The van der Waals surface area contributed by atoms with Gasteiger partial charge in [-0.2, -0.15) is 0 Å². The average molecular weight is 348 g/mol. The first-order valence-corrected chi connectivity index (χ1v) is 8.70. The summed E-state index contributed by atoms with van der Waals surface area (Å²) in [6, 6.07) is 5.38. The summed E-state index contributed by atoms with van der Waals surface area (Å²) in [7, 11) is 0. The molecule has 1 aromatic rings. The van der Waals surface area contributed by atoms with Crippen molar-refractivity contribution in [2.75, 3.05) is 39.4 Å². The minimum absolute atomic E-state index is 0.0283. The van der Waals surface area contributed by atoms with Gasteiger partial charge in [0.25, 0.3) is 5.91 Å². The van der Waals surface area contributed by atoms with E-state index >= 15 is 0 Å². The number of rotatable bonds is 4. The normalized spacial score (nSPS) is 19.2. The van der Waals surface area contributed by atoms with Crippen molar-refractivity contribution in [2.24, 2.45) is 0 Å². The van der Waals surface area contributed by atoms with Crippen LogP contribution >= 0.6 is 0 Å². The van der Waals surface area contributed by atoms with Crippen molar-refractivity contribution in [1.82, 2.24) is 9.80 Å². The van der Waals surface area contributed by atoms with Crippen LogP contribution in [0.15, 0.2) is 18.2 Å². The van der Waals surface area contributed by atoms with E-state index in [1.54, 1.807) is 11.0 Å². The molecule has 1 atom stereocenters. The lowest BCUT2D eigenvalue weighted by atomic mass is 10.1. The summed E-state index contributed by atoms with van der Waals surface area (Å²) < 4.78 is 11.4. The zero-order valence-electron chi connectivity index (χ0n) is 14.4. The van der Waals surface area contributed by atoms with E-state index in [1.165, 1.54) is 0 Å². The first kappa shape index (κ1) is 17.5. The van der Waals surface area contributed by atoms with Crippen LogP contribution in [0, 0.1) is 0 Å². The molecule has 0 bridgehead atoms. The Hall–Kier alpha value is -2.28. The molecule has 1 amide bonds. The van der Waals surface area contributed by atoms with E-state index < -0.39 is 5.97 Å². The number of carbonyl (C=O) groups excluding carboxylic acids is 1. The largest absolute Gasteiger partial charge is 0.490 e. The molecule has 0 radical (unpaired) electrons. The summed E-state index contributed by atoms with van der Waals surface area (Å²) in [5, 5.41) is 8.92. The molecule has 0 aromatic heterocycles. The van der Waals surface area contributed by atoms with Crippen LogP contribution in [0.4, 0.5) is 0 Å². The van der Waals surface area contributed by atoms with Gasteiger partial charge in [0.15, 0.2) is 11.5 Å². The highest BCUT2D eigenvalue weighted by atomic mass is 16.5. The van der Waals surface area contributed by atoms with Crippen molar-refractivity contribution in [3.05, 3.63) is 23.8 Å². The van der Waals surface area contributed by atoms with Crippen LogP contribution < -0.4 is 9.47 Å². The van der Waals surface area contributed by atoms with Gasteiger partial charge in [-0.1, -0.05) is 6.07 Å². The van der Waals surface area contributed by atoms with Crippen LogP contribution in [0.5, 0.6) is 11.5 Å². The zero-order valence-corrected chi connectivity index (χ0v) is 14.4. The molecular weight excluding hydrogens is 324 g/mol. The van der Waals surface area contributed by atoms with Crippen molar-refractivity contribution in [3.8, 4) is 11.5 Å². The minimum Gasteiger partial charge on any atom is -0.490 e. The third-order valence-electron chi connectivity index (χ3n) is 4.70. The number of para-hydroxylation sites is 1. The Balaban J connectivity index is 1.66. The lowest BCUT2D eigenvalue weighted by Gasteiger charge is -2.37. The van der Waals surface area contributed by atoms with Gasteiger partial charge in [-0.15, -0.1) is 0 Å². The van der Waals surface area contributed by atoms with E-state index in [0.717, 1.165) is 6.42 Å². The van der Waals surface area contributed by atoms with Crippen LogP contribution in [0.25, 0.3) is 0 Å². The Morgan fingerprint density at radius 2 is 1.88 bits per heavy atom. The van der Waals surface area contributed by atoms with Crippen molar-refractivity contribution < 1.29 is 24.2 Å². The third kappa shape index (κ3) is 4.04. The zero-order chi connectivity index (χ0) is 17.8. The highest BCUT2D eigenvalue weighted by molar-refractivity contribution is 5.98. The minimum atomic E-state index is -0.796. The van der Waals surface area contributed by atoms with Crippen LogP contribution in [-0.4, -0.2) is 72.2 Å². The van der Waals surface area contributed by atoms with Gasteiger partial charge in [-0.05, 0) is 19.1 Å². The molecule has 0 saturated carbocycles. The van der Waals surface area contributed by atoms with Gasteiger partial charge in [0.05, 0.1) is 25.2 Å². The Kier molecular flexibility index (Phi) is 5.43. The summed E-state index contributed by atoms with van der Waals surface area (Å²) in [6.07, 6.45) is 0.910. The van der Waals surface area contributed by atoms with E-state index in [4.69, 9.17) is 14.6 Å². The summed E-state index contributed by atoms with van der Waals surface area (Å²) in [4.78, 5) is 27.7. The predicted octanol–water partition coefficient (Wildman–Crippen LogP) is 1.47. The standard InChI is InChI=1S/C18H24N2O5/c1-13(12-16(21)22)19-6-8-20(9-7-19)18(23)14-4-2-5-15-17(14)25-11-3-10-24-15/h2,4-5,13H,3,6-12H2,1H3,(H,21,22). The Bertz CT molecular complexity index is 640. The molecule has 1 fully saturated rings. The third-order valence-corrected chi connectivity index (χ3v) is 4.70. The number of amides is 1. The topological polar surface area (TPSA) is 79.3 Å². The molecule has 1 unspecified atom stereocenters. The maximum absolute atomic E-state index is 12.9. The number of carboxylic acid groups (broad SMARTS) is 1. The number of piperazine rings is 1. The Morgan fingerprint density at radius 3 is 2.60 bits per heavy atom. The lowest BCUT2D eigenvalue weighted by Crippen LogP contribution is -2.51. The molecule has 2 heterocycles. The predicted molar refractivity (Wildman–Crippen MR) is 91.2 cm³/mol. The van der Waals surface area contributed by atoms with E-state index in [2.05, 4.69) is 4.90 Å². The van der Waals surface area contributed by atoms with E-state index in [9.17, 15) is 9.59 Å². The number of hydrogen-bond donors (Lipinski definition) is 1. The first-order valence-electron chi connectivity index (χ1n) is 8.70. The number of carboxylic acids is 1. The molecule has 7 nitrogen and oxygen atoms in total. The van der Waals surface area contributed by atoms with E-state index in [1.807, 2.05) is 19.1 Å². The van der Waals surface area contributed by atoms with Gasteiger partial charge in [-0.25, -0.2) is 0 Å². The molecule has 1 N–H and O–H groups in total. The summed E-state index contributed by atoms with van der Waals surface area (Å²) in [5.41, 5.74) is 0.534. The molecule has 25 heavy (non-hydrogen) atoms. The second kappa shape index (κ2) is 7.74. The number of fused-ring (bicyclic) bond motifs is 1. The second-order valence-electron chi connectivity index (χ2n) is 6.46. The fourth-order valence-corrected chi connectivity index (χ4v) is 3.28. The number of aliphatic carboxylic acids is 1. The lowest BCUT2D eigenvalue weighted by molar-refractivity contribution is -0.138. The fraction of sp³-hybridized carbons (Fsp3) is 0.556. The van der Waals surface area contributed by atoms with Gasteiger partial charge < -0.3 is 19.5 Å². The van der Waals surface area contributed by atoms with Crippen molar-refractivity contribution in [2.45, 2.75) is 25.8 Å². The van der Waals surface area contributed by atoms with Crippen LogP contribution in [0.1, 0.15) is 30.1 Å². The van der Waals surface area contributed by atoms with Crippen molar-refractivity contribution in [3.63, 3.8) is 0 Å². The smallest absolute Gasteiger partial charge is 0.304 e. The van der Waals surface area contributed by atoms with E-state index in [-0.39, 0.29) is 18.4 Å². The summed E-state index contributed by atoms with van der Waals surface area (Å²) in [6.45, 7) is 5.54. The second-order valence-corrected chi connectivity index (χ2v) is 6.46. The molecule has 136 valence electrons. The molecule has 0 aliphatic carbocycles. The maximum Gasteiger partial charge on any atom is 0.304 e. The van der Waals surface area contributed by atoms with Crippen LogP contribution in [0.3, 0.4) is 0 Å². The van der Waals surface area contributed by atoms with Crippen LogP contribution in [-0.2, 0) is 4.79 Å². The number of benzene rings is 1. The maximum atomic E-state index is 12.9. The number of ether oxygens (including phenoxy) is 2. The number of nitrogens with zero attached hydrogens (tertiary/aromatic N) is 2. The molecule has 1 saturated heterocycles. The van der Waals surface area contributed by atoms with Crippen LogP contribution in [0.2, 0.25) is 0 Å². The highest BCUT2D eigenvalue weighted by Gasteiger charge is 2.28.